The van der Waals surface area contributed by atoms with Gasteiger partial charge in [0.25, 0.3) is 0 Å². The number of unbranched alkanes of at least 4 members (excludes halogenated alkanes) is 3. The Hall–Kier alpha value is -2.47. The van der Waals surface area contributed by atoms with Crippen molar-refractivity contribution in [3.05, 3.63) is 71.8 Å². The van der Waals surface area contributed by atoms with Crippen LogP contribution in [-0.2, 0) is 0 Å². The van der Waals surface area contributed by atoms with Crippen molar-refractivity contribution >= 4 is 0 Å². The highest BCUT2D eigenvalue weighted by molar-refractivity contribution is 5.64. The Morgan fingerprint density at radius 1 is 0.931 bits per heavy atom. The predicted octanol–water partition coefficient (Wildman–Crippen LogP) is 8.07. The molecule has 0 radical (unpaired) electrons. The molecule has 1 nitrogen and oxygen atoms in total. The van der Waals surface area contributed by atoms with Gasteiger partial charge in [-0.25, -0.2) is 8.78 Å². The van der Waals surface area contributed by atoms with Gasteiger partial charge in [0.15, 0.2) is 0 Å². The van der Waals surface area contributed by atoms with E-state index in [0.717, 1.165) is 29.9 Å². The summed E-state index contributed by atoms with van der Waals surface area (Å²) < 4.78 is 25.8. The van der Waals surface area contributed by atoms with Gasteiger partial charge in [0, 0.05) is 0 Å². The summed E-state index contributed by atoms with van der Waals surface area (Å²) in [5, 5.41) is 8.87. The number of halogens is 2. The lowest BCUT2D eigenvalue weighted by atomic mass is 9.77. The molecule has 0 unspecified atom stereocenters. The molecule has 0 atom stereocenters. The molecule has 0 bridgehead atoms. The van der Waals surface area contributed by atoms with E-state index in [-0.39, 0.29) is 5.56 Å². The molecule has 1 fully saturated rings. The van der Waals surface area contributed by atoms with Crippen molar-refractivity contribution in [2.45, 2.75) is 63.7 Å². The largest absolute Gasteiger partial charge is 0.216 e. The van der Waals surface area contributed by atoms with Crippen LogP contribution in [0.15, 0.2) is 54.9 Å². The van der Waals surface area contributed by atoms with Gasteiger partial charge in [0.1, 0.15) is 11.9 Å². The van der Waals surface area contributed by atoms with Gasteiger partial charge in [-0.3, -0.25) is 0 Å². The van der Waals surface area contributed by atoms with E-state index < -0.39 is 5.82 Å². The maximum atomic E-state index is 13.9. The van der Waals surface area contributed by atoms with Gasteiger partial charge in [-0.1, -0.05) is 55.7 Å². The first-order chi connectivity index (χ1) is 14.2. The van der Waals surface area contributed by atoms with Crippen LogP contribution < -0.4 is 0 Å². The summed E-state index contributed by atoms with van der Waals surface area (Å²) in [7, 11) is 0. The van der Waals surface area contributed by atoms with Crippen molar-refractivity contribution in [2.24, 2.45) is 5.92 Å². The average molecular weight is 394 g/mol. The van der Waals surface area contributed by atoms with E-state index in [9.17, 15) is 8.78 Å². The predicted molar refractivity (Wildman–Crippen MR) is 115 cm³/mol. The summed E-state index contributed by atoms with van der Waals surface area (Å²) >= 11 is 0. The smallest absolute Gasteiger partial charge is 0.141 e. The molecule has 3 rings (SSSR count). The third kappa shape index (κ3) is 6.00. The second kappa shape index (κ2) is 10.9. The van der Waals surface area contributed by atoms with Gasteiger partial charge >= 0.3 is 0 Å². The molecular formula is C26H29F2N. The quantitative estimate of drug-likeness (QED) is 0.416. The molecule has 0 spiro atoms. The van der Waals surface area contributed by atoms with Gasteiger partial charge in [0.05, 0.1) is 11.9 Å². The Morgan fingerprint density at radius 3 is 2.31 bits per heavy atom. The summed E-state index contributed by atoms with van der Waals surface area (Å²) in [6.45, 7) is 0. The highest BCUT2D eigenvalue weighted by Gasteiger charge is 2.22. The number of hydrogen-bond donors (Lipinski definition) is 0. The van der Waals surface area contributed by atoms with E-state index in [1.54, 1.807) is 12.1 Å². The van der Waals surface area contributed by atoms with Gasteiger partial charge in [-0.05, 0) is 79.2 Å². The first-order valence-corrected chi connectivity index (χ1v) is 10.8. The Bertz CT molecular complexity index is 840. The number of rotatable bonds is 8. The van der Waals surface area contributed by atoms with Crippen LogP contribution in [0.1, 0.15) is 74.8 Å². The Kier molecular flexibility index (Phi) is 7.99. The standard InChI is InChI=1S/C26H29F2N/c27-17-5-3-1-2-4-6-20-7-9-21(10-8-20)22-11-13-23(14-12-22)24-15-16-25(19-29)26(28)18-24/h5,11-18,20-21H,1-4,6-10H2. The molecule has 29 heavy (non-hydrogen) atoms. The highest BCUT2D eigenvalue weighted by Crippen LogP contribution is 2.38. The zero-order chi connectivity index (χ0) is 20.5. The molecule has 0 aromatic heterocycles. The monoisotopic (exact) mass is 393 g/mol. The van der Waals surface area contributed by atoms with Crippen LogP contribution in [0, 0.1) is 23.1 Å². The lowest BCUT2D eigenvalue weighted by Crippen LogP contribution is -2.13. The van der Waals surface area contributed by atoms with Gasteiger partial charge in [0.2, 0.25) is 0 Å². The van der Waals surface area contributed by atoms with Crippen LogP contribution >= 0.6 is 0 Å². The van der Waals surface area contributed by atoms with Crippen molar-refractivity contribution in [3.63, 3.8) is 0 Å². The number of nitriles is 1. The molecule has 0 aliphatic heterocycles. The Labute approximate surface area is 173 Å². The van der Waals surface area contributed by atoms with Gasteiger partial charge in [-0.2, -0.15) is 5.26 Å². The molecule has 0 heterocycles. The fourth-order valence-corrected chi connectivity index (χ4v) is 4.45. The minimum Gasteiger partial charge on any atom is -0.216 e. The van der Waals surface area contributed by atoms with E-state index >= 15 is 0 Å². The van der Waals surface area contributed by atoms with Crippen molar-refractivity contribution in [3.8, 4) is 17.2 Å². The molecule has 152 valence electrons. The molecule has 2 aromatic rings. The average Bonchev–Trinajstić information content (AvgIpc) is 2.77. The third-order valence-electron chi connectivity index (χ3n) is 6.22. The molecule has 3 heteroatoms. The lowest BCUT2D eigenvalue weighted by Gasteiger charge is -2.29. The summed E-state index contributed by atoms with van der Waals surface area (Å²) in [5.41, 5.74) is 3.24. The molecule has 1 aliphatic carbocycles. The molecule has 0 amide bonds. The highest BCUT2D eigenvalue weighted by atomic mass is 19.1. The number of nitrogens with zero attached hydrogens (tertiary/aromatic N) is 1. The van der Waals surface area contributed by atoms with Crippen LogP contribution in [0.3, 0.4) is 0 Å². The van der Waals surface area contributed by atoms with E-state index in [1.165, 1.54) is 62.6 Å². The minimum atomic E-state index is -0.466. The topological polar surface area (TPSA) is 23.8 Å². The molecular weight excluding hydrogens is 364 g/mol. The molecule has 2 aromatic carbocycles. The van der Waals surface area contributed by atoms with Crippen LogP contribution in [0.5, 0.6) is 0 Å². The van der Waals surface area contributed by atoms with Crippen LogP contribution in [-0.4, -0.2) is 0 Å². The van der Waals surface area contributed by atoms with E-state index in [2.05, 4.69) is 24.3 Å². The van der Waals surface area contributed by atoms with Gasteiger partial charge < -0.3 is 0 Å². The Morgan fingerprint density at radius 2 is 1.66 bits per heavy atom. The van der Waals surface area contributed by atoms with Crippen LogP contribution in [0.4, 0.5) is 8.78 Å². The first-order valence-electron chi connectivity index (χ1n) is 10.8. The second-order valence-corrected chi connectivity index (χ2v) is 8.15. The molecule has 0 saturated heterocycles. The second-order valence-electron chi connectivity index (χ2n) is 8.15. The maximum absolute atomic E-state index is 13.9. The van der Waals surface area contributed by atoms with Crippen LogP contribution in [0.25, 0.3) is 11.1 Å². The van der Waals surface area contributed by atoms with E-state index in [1.807, 2.05) is 6.07 Å². The van der Waals surface area contributed by atoms with E-state index in [4.69, 9.17) is 5.26 Å². The molecule has 0 N–H and O–H groups in total. The van der Waals surface area contributed by atoms with E-state index in [0.29, 0.717) is 12.2 Å². The normalized spacial score (nSPS) is 19.3. The third-order valence-corrected chi connectivity index (χ3v) is 6.22. The van der Waals surface area contributed by atoms with Crippen molar-refractivity contribution in [1.29, 1.82) is 5.26 Å². The zero-order valence-electron chi connectivity index (χ0n) is 16.9. The summed E-state index contributed by atoms with van der Waals surface area (Å²) in [6.07, 6.45) is 13.0. The fourth-order valence-electron chi connectivity index (χ4n) is 4.45. The molecule has 1 aliphatic rings. The Balaban J connectivity index is 1.48. The molecule has 1 saturated carbocycles. The summed E-state index contributed by atoms with van der Waals surface area (Å²) in [6, 6.07) is 15.1. The number of allylic oxidation sites excluding steroid dienone is 1. The van der Waals surface area contributed by atoms with Gasteiger partial charge in [-0.15, -0.1) is 0 Å². The minimum absolute atomic E-state index is 0.0822. The fraction of sp³-hybridized carbons (Fsp3) is 0.423. The maximum Gasteiger partial charge on any atom is 0.141 e. The SMILES string of the molecule is N#Cc1ccc(-c2ccc(C3CCC(CCCCCC=CF)CC3)cc2)cc1F. The summed E-state index contributed by atoms with van der Waals surface area (Å²) in [4.78, 5) is 0. The summed E-state index contributed by atoms with van der Waals surface area (Å²) in [5.74, 6) is 0.989. The van der Waals surface area contributed by atoms with Crippen molar-refractivity contribution in [2.75, 3.05) is 0 Å². The van der Waals surface area contributed by atoms with Crippen molar-refractivity contribution < 1.29 is 8.78 Å². The van der Waals surface area contributed by atoms with Crippen LogP contribution in [0.2, 0.25) is 0 Å². The number of benzene rings is 2. The lowest BCUT2D eigenvalue weighted by molar-refractivity contribution is 0.302. The first kappa shape index (κ1) is 21.2. The number of hydrogen-bond acceptors (Lipinski definition) is 1. The zero-order valence-corrected chi connectivity index (χ0v) is 16.9. The van der Waals surface area contributed by atoms with Crippen molar-refractivity contribution in [1.82, 2.24) is 0 Å².